The van der Waals surface area contributed by atoms with Gasteiger partial charge in [0.05, 0.1) is 10.9 Å². The Morgan fingerprint density at radius 2 is 2.40 bits per heavy atom. The summed E-state index contributed by atoms with van der Waals surface area (Å²) in [4.78, 5) is 1.08. The molecule has 2 aromatic heterocycles. The predicted molar refractivity (Wildman–Crippen MR) is 61.8 cm³/mol. The average Bonchev–Trinajstić information content (AvgIpc) is 2.76. The molecule has 0 aromatic carbocycles. The molecule has 0 unspecified atom stereocenters. The van der Waals surface area contributed by atoms with Crippen molar-refractivity contribution in [2.24, 2.45) is 0 Å². The highest BCUT2D eigenvalue weighted by Gasteiger charge is 2.06. The predicted octanol–water partition coefficient (Wildman–Crippen LogP) is 2.20. The van der Waals surface area contributed by atoms with Crippen molar-refractivity contribution in [2.75, 3.05) is 0 Å². The molecule has 2 heterocycles. The summed E-state index contributed by atoms with van der Waals surface area (Å²) in [6.45, 7) is 0.453. The monoisotopic (exact) mass is 261 g/mol. The van der Waals surface area contributed by atoms with Crippen molar-refractivity contribution in [3.63, 3.8) is 0 Å². The van der Waals surface area contributed by atoms with Gasteiger partial charge in [-0.05, 0) is 24.4 Å². The molecule has 2 N–H and O–H groups in total. The number of halogens is 1. The molecular formula is C8H8ClN3OS2. The van der Waals surface area contributed by atoms with Crippen LogP contribution in [0.25, 0.3) is 0 Å². The molecule has 0 radical (unpaired) electrons. The first-order valence-electron chi connectivity index (χ1n) is 4.20. The third-order valence-corrected chi connectivity index (χ3v) is 3.45. The third-order valence-electron chi connectivity index (χ3n) is 1.92. The molecule has 0 atom stereocenters. The zero-order valence-electron chi connectivity index (χ0n) is 7.61. The maximum absolute atomic E-state index is 9.04. The molecule has 80 valence electrons. The molecule has 0 aliphatic heterocycles. The second-order valence-corrected chi connectivity index (χ2v) is 5.08. The Labute approximate surface area is 100 Å². The quantitative estimate of drug-likeness (QED) is 0.833. The van der Waals surface area contributed by atoms with Crippen LogP contribution < -0.4 is 0 Å². The summed E-state index contributed by atoms with van der Waals surface area (Å²) in [6, 6.07) is 3.77. The van der Waals surface area contributed by atoms with E-state index in [4.69, 9.17) is 28.9 Å². The Morgan fingerprint density at radius 1 is 1.60 bits per heavy atom. The van der Waals surface area contributed by atoms with Gasteiger partial charge in [0.15, 0.2) is 10.6 Å². The number of hydrogen-bond donors (Lipinski definition) is 2. The second kappa shape index (κ2) is 4.44. The lowest BCUT2D eigenvalue weighted by atomic mass is 10.4. The van der Waals surface area contributed by atoms with Gasteiger partial charge in [0, 0.05) is 4.88 Å². The van der Waals surface area contributed by atoms with Gasteiger partial charge >= 0.3 is 0 Å². The van der Waals surface area contributed by atoms with Crippen molar-refractivity contribution in [3.05, 3.63) is 31.9 Å². The van der Waals surface area contributed by atoms with Crippen LogP contribution in [0.2, 0.25) is 4.34 Å². The van der Waals surface area contributed by atoms with Crippen molar-refractivity contribution in [2.45, 2.75) is 13.2 Å². The zero-order chi connectivity index (χ0) is 10.8. The number of nitrogens with zero attached hydrogens (tertiary/aromatic N) is 2. The Morgan fingerprint density at radius 3 is 3.00 bits per heavy atom. The van der Waals surface area contributed by atoms with Crippen LogP contribution in [-0.2, 0) is 13.2 Å². The summed E-state index contributed by atoms with van der Waals surface area (Å²) in [5.74, 6) is 0.532. The van der Waals surface area contributed by atoms with Gasteiger partial charge in [-0.15, -0.1) is 11.3 Å². The number of aliphatic hydroxyl groups excluding tert-OH is 1. The average molecular weight is 262 g/mol. The summed E-state index contributed by atoms with van der Waals surface area (Å²) in [7, 11) is 0. The van der Waals surface area contributed by atoms with Gasteiger partial charge in [-0.1, -0.05) is 11.6 Å². The molecular weight excluding hydrogens is 254 g/mol. The Balaban J connectivity index is 2.31. The standard InChI is InChI=1S/C8H8ClN3OS2/c9-6-2-1-5(15-6)3-12-7(4-13)10-11-8(12)14/h1-2,13H,3-4H2,(H,11,14). The normalized spacial score (nSPS) is 10.8. The highest BCUT2D eigenvalue weighted by molar-refractivity contribution is 7.71. The number of H-pyrrole nitrogens is 1. The molecule has 0 spiro atoms. The van der Waals surface area contributed by atoms with Crippen molar-refractivity contribution in [3.8, 4) is 0 Å². The number of nitrogens with one attached hydrogen (secondary N) is 1. The van der Waals surface area contributed by atoms with Crippen LogP contribution in [0, 0.1) is 4.77 Å². The van der Waals surface area contributed by atoms with Crippen LogP contribution in [0.3, 0.4) is 0 Å². The first kappa shape index (κ1) is 10.8. The van der Waals surface area contributed by atoms with Crippen molar-refractivity contribution in [1.82, 2.24) is 14.8 Å². The van der Waals surface area contributed by atoms with Gasteiger partial charge < -0.3 is 5.11 Å². The van der Waals surface area contributed by atoms with Gasteiger partial charge in [-0.3, -0.25) is 9.67 Å². The van der Waals surface area contributed by atoms with E-state index in [0.717, 1.165) is 9.21 Å². The summed E-state index contributed by atoms with van der Waals surface area (Å²) in [5.41, 5.74) is 0. The highest BCUT2D eigenvalue weighted by atomic mass is 35.5. The number of hydrogen-bond acceptors (Lipinski definition) is 4. The Kier molecular flexibility index (Phi) is 3.20. The highest BCUT2D eigenvalue weighted by Crippen LogP contribution is 2.22. The van der Waals surface area contributed by atoms with E-state index in [1.54, 1.807) is 4.57 Å². The van der Waals surface area contributed by atoms with Crippen LogP contribution >= 0.6 is 35.2 Å². The smallest absolute Gasteiger partial charge is 0.195 e. The molecule has 0 saturated carbocycles. The molecule has 4 nitrogen and oxygen atoms in total. The maximum atomic E-state index is 9.04. The molecule has 0 saturated heterocycles. The number of aliphatic hydroxyl groups is 1. The van der Waals surface area contributed by atoms with Crippen LogP contribution in [-0.4, -0.2) is 19.9 Å². The van der Waals surface area contributed by atoms with E-state index in [1.165, 1.54) is 11.3 Å². The molecule has 2 aromatic rings. The Hall–Kier alpha value is -0.690. The lowest BCUT2D eigenvalue weighted by Gasteiger charge is -2.01. The minimum Gasteiger partial charge on any atom is -0.388 e. The van der Waals surface area contributed by atoms with Crippen molar-refractivity contribution >= 4 is 35.2 Å². The van der Waals surface area contributed by atoms with E-state index in [-0.39, 0.29) is 6.61 Å². The zero-order valence-corrected chi connectivity index (χ0v) is 9.99. The molecule has 0 aliphatic rings. The molecule has 0 amide bonds. The fourth-order valence-electron chi connectivity index (χ4n) is 1.23. The SMILES string of the molecule is OCc1n[nH]c(=S)n1Cc1ccc(Cl)s1. The number of aromatic nitrogens is 3. The van der Waals surface area contributed by atoms with E-state index >= 15 is 0 Å². The van der Waals surface area contributed by atoms with Gasteiger partial charge in [0.25, 0.3) is 0 Å². The van der Waals surface area contributed by atoms with Gasteiger partial charge in [-0.25, -0.2) is 0 Å². The number of aromatic amines is 1. The van der Waals surface area contributed by atoms with E-state index < -0.39 is 0 Å². The fraction of sp³-hybridized carbons (Fsp3) is 0.250. The van der Waals surface area contributed by atoms with E-state index in [9.17, 15) is 0 Å². The van der Waals surface area contributed by atoms with Gasteiger partial charge in [0.2, 0.25) is 0 Å². The first-order chi connectivity index (χ1) is 7.20. The molecule has 15 heavy (non-hydrogen) atoms. The topological polar surface area (TPSA) is 53.8 Å². The first-order valence-corrected chi connectivity index (χ1v) is 5.80. The molecule has 0 aliphatic carbocycles. The summed E-state index contributed by atoms with van der Waals surface area (Å²) < 4.78 is 2.99. The Bertz CT molecular complexity index is 516. The van der Waals surface area contributed by atoms with E-state index in [2.05, 4.69) is 10.2 Å². The largest absolute Gasteiger partial charge is 0.388 e. The van der Waals surface area contributed by atoms with Crippen LogP contribution in [0.5, 0.6) is 0 Å². The van der Waals surface area contributed by atoms with Crippen LogP contribution in [0.1, 0.15) is 10.7 Å². The van der Waals surface area contributed by atoms with Crippen molar-refractivity contribution < 1.29 is 5.11 Å². The minimum absolute atomic E-state index is 0.133. The molecule has 2 rings (SSSR count). The molecule has 0 fully saturated rings. The van der Waals surface area contributed by atoms with E-state index in [0.29, 0.717) is 17.1 Å². The summed E-state index contributed by atoms with van der Waals surface area (Å²) >= 11 is 12.4. The van der Waals surface area contributed by atoms with Gasteiger partial charge in [0.1, 0.15) is 6.61 Å². The summed E-state index contributed by atoms with van der Waals surface area (Å²) in [6.07, 6.45) is 0. The van der Waals surface area contributed by atoms with Crippen LogP contribution in [0.4, 0.5) is 0 Å². The third kappa shape index (κ3) is 2.28. The lowest BCUT2D eigenvalue weighted by molar-refractivity contribution is 0.265. The summed E-state index contributed by atoms with van der Waals surface area (Å²) in [5, 5.41) is 15.6. The van der Waals surface area contributed by atoms with E-state index in [1.807, 2.05) is 12.1 Å². The fourth-order valence-corrected chi connectivity index (χ4v) is 2.52. The maximum Gasteiger partial charge on any atom is 0.195 e. The molecule has 7 heteroatoms. The number of thiophene rings is 1. The minimum atomic E-state index is -0.133. The molecule has 0 bridgehead atoms. The van der Waals surface area contributed by atoms with Gasteiger partial charge in [-0.2, -0.15) is 5.10 Å². The van der Waals surface area contributed by atoms with Crippen LogP contribution in [0.15, 0.2) is 12.1 Å². The van der Waals surface area contributed by atoms with Crippen molar-refractivity contribution in [1.29, 1.82) is 0 Å². The lowest BCUT2D eigenvalue weighted by Crippen LogP contribution is -2.04. The second-order valence-electron chi connectivity index (χ2n) is 2.90. The number of rotatable bonds is 3.